The third kappa shape index (κ3) is 5.00. The molecule has 6 nitrogen and oxygen atoms in total. The van der Waals surface area contributed by atoms with Crippen LogP contribution in [0.5, 0.6) is 0 Å². The van der Waals surface area contributed by atoms with Gasteiger partial charge in [-0.25, -0.2) is 4.79 Å². The van der Waals surface area contributed by atoms with E-state index < -0.39 is 12.1 Å². The van der Waals surface area contributed by atoms with Crippen LogP contribution in [0.4, 0.5) is 0 Å². The van der Waals surface area contributed by atoms with Crippen LogP contribution >= 0.6 is 0 Å². The number of ether oxygens (including phenoxy) is 1. The highest BCUT2D eigenvalue weighted by Crippen LogP contribution is 2.32. The molecule has 1 aromatic rings. The summed E-state index contributed by atoms with van der Waals surface area (Å²) in [6, 6.07) is 4.39. The molecule has 1 fully saturated rings. The highest BCUT2D eigenvalue weighted by atomic mass is 16.5. The maximum Gasteiger partial charge on any atom is 0.349 e. The Balaban J connectivity index is 2.21. The van der Waals surface area contributed by atoms with Crippen LogP contribution in [-0.4, -0.2) is 29.1 Å². The van der Waals surface area contributed by atoms with Crippen molar-refractivity contribution >= 4 is 18.0 Å². The van der Waals surface area contributed by atoms with Gasteiger partial charge >= 0.3 is 5.97 Å². The number of esters is 1. The van der Waals surface area contributed by atoms with Gasteiger partial charge in [0, 0.05) is 24.0 Å². The maximum atomic E-state index is 12.3. The Bertz CT molecular complexity index is 764. The van der Waals surface area contributed by atoms with E-state index in [1.54, 1.807) is 13.0 Å². The van der Waals surface area contributed by atoms with Gasteiger partial charge < -0.3 is 14.6 Å². The van der Waals surface area contributed by atoms with Gasteiger partial charge in [0.25, 0.3) is 5.91 Å². The smallest absolute Gasteiger partial charge is 0.349 e. The molecule has 1 N–H and O–H groups in total. The Morgan fingerprint density at radius 2 is 2.04 bits per heavy atom. The van der Waals surface area contributed by atoms with Crippen molar-refractivity contribution in [3.05, 3.63) is 28.6 Å². The minimum Gasteiger partial charge on any atom is -0.448 e. The summed E-state index contributed by atoms with van der Waals surface area (Å²) in [6.07, 6.45) is 6.71. The van der Waals surface area contributed by atoms with Crippen molar-refractivity contribution in [1.29, 1.82) is 5.26 Å². The van der Waals surface area contributed by atoms with Crippen LogP contribution in [0.25, 0.3) is 6.08 Å². The molecule has 0 spiro atoms. The molecule has 0 aromatic carbocycles. The first-order valence-electron chi connectivity index (χ1n) is 9.67. The number of aromatic nitrogens is 1. The number of amides is 1. The third-order valence-corrected chi connectivity index (χ3v) is 5.11. The summed E-state index contributed by atoms with van der Waals surface area (Å²) < 4.78 is 7.46. The van der Waals surface area contributed by atoms with Gasteiger partial charge in [0.1, 0.15) is 11.6 Å². The summed E-state index contributed by atoms with van der Waals surface area (Å²) >= 11 is 0. The van der Waals surface area contributed by atoms with Gasteiger partial charge in [-0.2, -0.15) is 5.26 Å². The van der Waals surface area contributed by atoms with Gasteiger partial charge in [-0.1, -0.05) is 19.3 Å². The molecule has 6 heteroatoms. The lowest BCUT2D eigenvalue weighted by Crippen LogP contribution is -2.35. The van der Waals surface area contributed by atoms with Crippen LogP contribution in [0.3, 0.4) is 0 Å². The zero-order valence-corrected chi connectivity index (χ0v) is 16.7. The lowest BCUT2D eigenvalue weighted by Gasteiger charge is -2.26. The third-order valence-electron chi connectivity index (χ3n) is 5.11. The van der Waals surface area contributed by atoms with E-state index in [1.807, 2.05) is 19.1 Å². The van der Waals surface area contributed by atoms with E-state index in [9.17, 15) is 14.9 Å². The minimum atomic E-state index is -0.941. The van der Waals surface area contributed by atoms with Gasteiger partial charge in [0.2, 0.25) is 0 Å². The zero-order valence-electron chi connectivity index (χ0n) is 16.7. The summed E-state index contributed by atoms with van der Waals surface area (Å²) in [5.41, 5.74) is 2.93. The van der Waals surface area contributed by atoms with Gasteiger partial charge in [-0.05, 0) is 58.2 Å². The second-order valence-electron chi connectivity index (χ2n) is 7.10. The van der Waals surface area contributed by atoms with E-state index >= 15 is 0 Å². The van der Waals surface area contributed by atoms with Gasteiger partial charge in [0.15, 0.2) is 6.10 Å². The normalized spacial score (nSPS) is 16.5. The molecule has 1 heterocycles. The summed E-state index contributed by atoms with van der Waals surface area (Å²) in [5.74, 6) is -1.16. The molecule has 27 heavy (non-hydrogen) atoms. The fourth-order valence-corrected chi connectivity index (χ4v) is 3.74. The van der Waals surface area contributed by atoms with E-state index in [1.165, 1.54) is 26.2 Å². The van der Waals surface area contributed by atoms with Crippen molar-refractivity contribution in [2.24, 2.45) is 0 Å². The topological polar surface area (TPSA) is 84.1 Å². The number of nitrogens with zero attached hydrogens (tertiary/aromatic N) is 2. The predicted molar refractivity (Wildman–Crippen MR) is 104 cm³/mol. The Labute approximate surface area is 161 Å². The van der Waals surface area contributed by atoms with E-state index in [4.69, 9.17) is 4.74 Å². The molecule has 0 radical (unpaired) electrons. The largest absolute Gasteiger partial charge is 0.448 e. The molecule has 146 valence electrons. The second kappa shape index (κ2) is 9.40. The van der Waals surface area contributed by atoms with E-state index in [0.29, 0.717) is 12.6 Å². The average Bonchev–Trinajstić information content (AvgIpc) is 2.93. The number of likely N-dealkylation sites (N-methyl/N-ethyl adjacent to an activating group) is 1. The molecule has 1 atom stereocenters. The van der Waals surface area contributed by atoms with Crippen LogP contribution < -0.4 is 5.32 Å². The van der Waals surface area contributed by atoms with Crippen LogP contribution in [0, 0.1) is 25.2 Å². The fraction of sp³-hybridized carbons (Fsp3) is 0.571. The molecule has 0 saturated heterocycles. The first-order chi connectivity index (χ1) is 12.9. The molecule has 1 aliphatic rings. The van der Waals surface area contributed by atoms with Crippen molar-refractivity contribution < 1.29 is 14.3 Å². The molecule has 0 bridgehead atoms. The quantitative estimate of drug-likeness (QED) is 0.470. The van der Waals surface area contributed by atoms with Crippen LogP contribution in [-0.2, 0) is 14.3 Å². The molecule has 1 aromatic heterocycles. The van der Waals surface area contributed by atoms with Crippen molar-refractivity contribution in [2.75, 3.05) is 6.54 Å². The monoisotopic (exact) mass is 371 g/mol. The molecule has 0 unspecified atom stereocenters. The Hall–Kier alpha value is -2.55. The number of rotatable bonds is 6. The number of hydrogen-bond acceptors (Lipinski definition) is 4. The number of carbonyl (C=O) groups is 2. The van der Waals surface area contributed by atoms with Crippen LogP contribution in [0.1, 0.15) is 68.9 Å². The highest BCUT2D eigenvalue weighted by molar-refractivity contribution is 5.99. The number of carbonyl (C=O) groups excluding carboxylic acids is 2. The van der Waals surface area contributed by atoms with Crippen LogP contribution in [0.15, 0.2) is 11.6 Å². The molecule has 1 aliphatic carbocycles. The molecular weight excluding hydrogens is 342 g/mol. The molecular formula is C21H29N3O3. The van der Waals surface area contributed by atoms with Crippen molar-refractivity contribution in [3.63, 3.8) is 0 Å². The predicted octanol–water partition coefficient (Wildman–Crippen LogP) is 3.58. The Morgan fingerprint density at radius 3 is 2.63 bits per heavy atom. The molecule has 2 rings (SSSR count). The lowest BCUT2D eigenvalue weighted by atomic mass is 9.95. The van der Waals surface area contributed by atoms with Gasteiger partial charge in [-0.15, -0.1) is 0 Å². The second-order valence-corrected chi connectivity index (χ2v) is 7.10. The van der Waals surface area contributed by atoms with Gasteiger partial charge in [-0.3, -0.25) is 4.79 Å². The minimum absolute atomic E-state index is 0.102. The van der Waals surface area contributed by atoms with E-state index in [0.717, 1.165) is 29.8 Å². The summed E-state index contributed by atoms with van der Waals surface area (Å²) in [5, 5.41) is 12.0. The maximum absolute atomic E-state index is 12.3. The van der Waals surface area contributed by atoms with Crippen molar-refractivity contribution in [2.45, 2.75) is 71.9 Å². The molecule has 1 saturated carbocycles. The Morgan fingerprint density at radius 1 is 1.37 bits per heavy atom. The Kier molecular flexibility index (Phi) is 7.23. The zero-order chi connectivity index (χ0) is 20.0. The molecule has 0 aliphatic heterocycles. The van der Waals surface area contributed by atoms with E-state index in [2.05, 4.69) is 16.8 Å². The number of nitriles is 1. The van der Waals surface area contributed by atoms with Crippen LogP contribution in [0.2, 0.25) is 0 Å². The summed E-state index contributed by atoms with van der Waals surface area (Å²) in [6.45, 7) is 7.81. The highest BCUT2D eigenvalue weighted by Gasteiger charge is 2.22. The molecule has 1 amide bonds. The van der Waals surface area contributed by atoms with Crippen molar-refractivity contribution in [1.82, 2.24) is 9.88 Å². The fourth-order valence-electron chi connectivity index (χ4n) is 3.74. The standard InChI is InChI=1S/C21H29N3O3/c1-5-23-20(25)16(4)27-21(26)18(13-22)12-17-11-14(2)24(15(17)3)19-9-7-6-8-10-19/h11-12,16,19H,5-10H2,1-4H3,(H,23,25)/b18-12+/t16-/m1/s1. The van der Waals surface area contributed by atoms with Crippen molar-refractivity contribution in [3.8, 4) is 6.07 Å². The SMILES string of the molecule is CCNC(=O)[C@@H](C)OC(=O)/C(C#N)=C/c1cc(C)n(C2CCCCC2)c1C. The van der Waals surface area contributed by atoms with Gasteiger partial charge in [0.05, 0.1) is 0 Å². The summed E-state index contributed by atoms with van der Waals surface area (Å²) in [7, 11) is 0. The number of aryl methyl sites for hydroxylation is 1. The first-order valence-corrected chi connectivity index (χ1v) is 9.67. The average molecular weight is 371 g/mol. The van der Waals surface area contributed by atoms with E-state index in [-0.39, 0.29) is 11.5 Å². The lowest BCUT2D eigenvalue weighted by molar-refractivity contribution is -0.150. The number of hydrogen-bond donors (Lipinski definition) is 1. The summed E-state index contributed by atoms with van der Waals surface area (Å²) in [4.78, 5) is 24.0. The first kappa shape index (κ1) is 20.8. The number of nitrogens with one attached hydrogen (secondary N) is 1.